The van der Waals surface area contributed by atoms with Gasteiger partial charge >= 0.3 is 0 Å². The second kappa shape index (κ2) is 8.87. The van der Waals surface area contributed by atoms with E-state index in [1.807, 2.05) is 30.3 Å². The summed E-state index contributed by atoms with van der Waals surface area (Å²) in [5, 5.41) is 11.1. The molecule has 19 heavy (non-hydrogen) atoms. The molecule has 3 nitrogen and oxygen atoms in total. The maximum atomic E-state index is 12.0. The van der Waals surface area contributed by atoms with E-state index in [2.05, 4.69) is 5.32 Å². The van der Waals surface area contributed by atoms with Gasteiger partial charge in [0.2, 0.25) is 5.91 Å². The molecule has 106 valence electrons. The van der Waals surface area contributed by atoms with Crippen LogP contribution in [-0.2, 0) is 4.79 Å². The van der Waals surface area contributed by atoms with Gasteiger partial charge in [0.15, 0.2) is 0 Å². The normalized spacial score (nSPS) is 12.4. The Balaban J connectivity index is 2.08. The molecule has 0 aliphatic rings. The van der Waals surface area contributed by atoms with Crippen molar-refractivity contribution in [2.45, 2.75) is 30.3 Å². The summed E-state index contributed by atoms with van der Waals surface area (Å²) >= 11 is 1.64. The van der Waals surface area contributed by atoms with Gasteiger partial charge in [-0.2, -0.15) is 0 Å². The van der Waals surface area contributed by atoms with Crippen molar-refractivity contribution in [1.82, 2.24) is 5.32 Å². The summed E-state index contributed by atoms with van der Waals surface area (Å²) in [5.74, 6) is 0.475. The Morgan fingerprint density at radius 1 is 1.32 bits per heavy atom. The van der Waals surface area contributed by atoms with E-state index in [1.54, 1.807) is 11.8 Å². The van der Waals surface area contributed by atoms with Crippen LogP contribution in [0.5, 0.6) is 0 Å². The number of rotatable bonds is 8. The first kappa shape index (κ1) is 15.9. The minimum atomic E-state index is -2.83. The summed E-state index contributed by atoms with van der Waals surface area (Å²) in [6.45, 7) is -0.400. The average molecular weight is 289 g/mol. The van der Waals surface area contributed by atoms with Crippen molar-refractivity contribution in [3.63, 3.8) is 0 Å². The standard InChI is InChI=1S/C13H17F2NO2S/c14-13(15)11(17)9-16-12(18)7-4-8-19-10-5-2-1-3-6-10/h1-3,5-6,11,13,17H,4,7-9H2,(H,16,18). The molecule has 1 aromatic rings. The van der Waals surface area contributed by atoms with Crippen LogP contribution >= 0.6 is 11.8 Å². The predicted molar refractivity (Wildman–Crippen MR) is 71.4 cm³/mol. The minimum Gasteiger partial charge on any atom is -0.385 e. The molecule has 2 N–H and O–H groups in total. The van der Waals surface area contributed by atoms with Crippen molar-refractivity contribution in [3.05, 3.63) is 30.3 Å². The zero-order chi connectivity index (χ0) is 14.1. The van der Waals surface area contributed by atoms with E-state index in [-0.39, 0.29) is 12.3 Å². The van der Waals surface area contributed by atoms with Crippen molar-refractivity contribution < 1.29 is 18.7 Å². The highest BCUT2D eigenvalue weighted by Gasteiger charge is 2.17. The molecule has 0 aliphatic heterocycles. The Morgan fingerprint density at radius 3 is 2.63 bits per heavy atom. The van der Waals surface area contributed by atoms with Gasteiger partial charge in [-0.3, -0.25) is 4.79 Å². The van der Waals surface area contributed by atoms with Gasteiger partial charge in [-0.15, -0.1) is 11.8 Å². The lowest BCUT2D eigenvalue weighted by Crippen LogP contribution is -2.35. The first-order valence-electron chi connectivity index (χ1n) is 6.00. The van der Waals surface area contributed by atoms with Gasteiger partial charge in [0.05, 0.1) is 0 Å². The molecule has 0 fully saturated rings. The molecule has 0 aliphatic carbocycles. The molecule has 0 spiro atoms. The molecular formula is C13H17F2NO2S. The molecule has 1 aromatic carbocycles. The van der Waals surface area contributed by atoms with Crippen LogP contribution in [-0.4, -0.2) is 35.8 Å². The number of alkyl halides is 2. The summed E-state index contributed by atoms with van der Waals surface area (Å²) in [4.78, 5) is 12.4. The number of thioether (sulfide) groups is 1. The molecule has 0 aromatic heterocycles. The predicted octanol–water partition coefficient (Wildman–Crippen LogP) is 2.30. The zero-order valence-corrected chi connectivity index (χ0v) is 11.2. The van der Waals surface area contributed by atoms with E-state index in [4.69, 9.17) is 5.11 Å². The molecule has 0 heterocycles. The van der Waals surface area contributed by atoms with Gasteiger partial charge in [0.25, 0.3) is 6.43 Å². The molecule has 1 amide bonds. The third kappa shape index (κ3) is 7.12. The second-order valence-electron chi connectivity index (χ2n) is 3.97. The van der Waals surface area contributed by atoms with Crippen LogP contribution in [0.3, 0.4) is 0 Å². The zero-order valence-electron chi connectivity index (χ0n) is 10.4. The monoisotopic (exact) mass is 289 g/mol. The van der Waals surface area contributed by atoms with E-state index >= 15 is 0 Å². The van der Waals surface area contributed by atoms with Gasteiger partial charge in [-0.25, -0.2) is 8.78 Å². The van der Waals surface area contributed by atoms with E-state index < -0.39 is 19.1 Å². The molecule has 1 atom stereocenters. The van der Waals surface area contributed by atoms with Crippen molar-refractivity contribution in [1.29, 1.82) is 0 Å². The van der Waals surface area contributed by atoms with Crippen LogP contribution in [0.25, 0.3) is 0 Å². The smallest absolute Gasteiger partial charge is 0.265 e. The highest BCUT2D eigenvalue weighted by Crippen LogP contribution is 2.18. The van der Waals surface area contributed by atoms with Crippen molar-refractivity contribution in [2.75, 3.05) is 12.3 Å². The maximum Gasteiger partial charge on any atom is 0.265 e. The number of carbonyl (C=O) groups is 1. The minimum absolute atomic E-state index is 0.274. The quantitative estimate of drug-likeness (QED) is 0.570. The Bertz CT molecular complexity index is 376. The summed E-state index contributed by atoms with van der Waals surface area (Å²) in [6.07, 6.45) is -3.68. The number of hydrogen-bond acceptors (Lipinski definition) is 3. The van der Waals surface area contributed by atoms with Crippen LogP contribution in [0.4, 0.5) is 8.78 Å². The number of hydrogen-bond donors (Lipinski definition) is 2. The SMILES string of the molecule is O=C(CCCSc1ccccc1)NCC(O)C(F)F. The summed E-state index contributed by atoms with van der Waals surface area (Å²) < 4.78 is 23.9. The summed E-state index contributed by atoms with van der Waals surface area (Å²) in [5.41, 5.74) is 0. The van der Waals surface area contributed by atoms with Gasteiger partial charge in [-0.05, 0) is 24.3 Å². The van der Waals surface area contributed by atoms with Crippen LogP contribution in [0, 0.1) is 0 Å². The number of benzene rings is 1. The third-order valence-electron chi connectivity index (χ3n) is 2.36. The van der Waals surface area contributed by atoms with Crippen LogP contribution in [0.15, 0.2) is 35.2 Å². The van der Waals surface area contributed by atoms with Gasteiger partial charge in [0.1, 0.15) is 6.10 Å². The lowest BCUT2D eigenvalue weighted by Gasteiger charge is -2.10. The fourth-order valence-electron chi connectivity index (χ4n) is 1.34. The van der Waals surface area contributed by atoms with Crippen molar-refractivity contribution in [3.8, 4) is 0 Å². The highest BCUT2D eigenvalue weighted by molar-refractivity contribution is 7.99. The molecule has 0 bridgehead atoms. The van der Waals surface area contributed by atoms with E-state index in [0.29, 0.717) is 6.42 Å². The Labute approximate surface area is 115 Å². The van der Waals surface area contributed by atoms with Crippen molar-refractivity contribution in [2.24, 2.45) is 0 Å². The maximum absolute atomic E-state index is 12.0. The first-order chi connectivity index (χ1) is 9.09. The molecule has 0 saturated carbocycles. The topological polar surface area (TPSA) is 49.3 Å². The number of aliphatic hydroxyl groups is 1. The number of carbonyl (C=O) groups excluding carboxylic acids is 1. The van der Waals surface area contributed by atoms with E-state index in [0.717, 1.165) is 10.6 Å². The highest BCUT2D eigenvalue weighted by atomic mass is 32.2. The number of aliphatic hydroxyl groups excluding tert-OH is 1. The molecule has 1 unspecified atom stereocenters. The number of halogens is 2. The summed E-state index contributed by atoms with van der Waals surface area (Å²) in [7, 11) is 0. The Morgan fingerprint density at radius 2 is 2.00 bits per heavy atom. The second-order valence-corrected chi connectivity index (χ2v) is 5.14. The molecule has 0 saturated heterocycles. The third-order valence-corrected chi connectivity index (χ3v) is 3.46. The van der Waals surface area contributed by atoms with Crippen LogP contribution in [0.2, 0.25) is 0 Å². The van der Waals surface area contributed by atoms with E-state index in [1.165, 1.54) is 0 Å². The summed E-state index contributed by atoms with van der Waals surface area (Å²) in [6, 6.07) is 9.81. The lowest BCUT2D eigenvalue weighted by atomic mass is 10.3. The largest absolute Gasteiger partial charge is 0.385 e. The fraction of sp³-hybridized carbons (Fsp3) is 0.462. The number of amides is 1. The average Bonchev–Trinajstić information content (AvgIpc) is 2.42. The lowest BCUT2D eigenvalue weighted by molar-refractivity contribution is -0.122. The number of nitrogens with one attached hydrogen (secondary N) is 1. The fourth-order valence-corrected chi connectivity index (χ4v) is 2.21. The van der Waals surface area contributed by atoms with Crippen LogP contribution in [0.1, 0.15) is 12.8 Å². The molecule has 1 rings (SSSR count). The Hall–Kier alpha value is -1.14. The molecule has 6 heteroatoms. The van der Waals surface area contributed by atoms with Crippen molar-refractivity contribution >= 4 is 17.7 Å². The van der Waals surface area contributed by atoms with Crippen LogP contribution < -0.4 is 5.32 Å². The Kier molecular flexibility index (Phi) is 7.43. The van der Waals surface area contributed by atoms with E-state index in [9.17, 15) is 13.6 Å². The van der Waals surface area contributed by atoms with Gasteiger partial charge in [0, 0.05) is 17.9 Å². The molecule has 0 radical (unpaired) electrons. The molecular weight excluding hydrogens is 272 g/mol. The first-order valence-corrected chi connectivity index (χ1v) is 6.99. The van der Waals surface area contributed by atoms with Gasteiger partial charge in [-0.1, -0.05) is 18.2 Å². The van der Waals surface area contributed by atoms with Gasteiger partial charge < -0.3 is 10.4 Å².